The first-order chi connectivity index (χ1) is 8.97. The van der Waals surface area contributed by atoms with Crippen LogP contribution < -0.4 is 5.32 Å². The van der Waals surface area contributed by atoms with Gasteiger partial charge in [-0.05, 0) is 45.5 Å². The number of hydrogen-bond acceptors (Lipinski definition) is 6. The van der Waals surface area contributed by atoms with E-state index in [1.807, 2.05) is 0 Å². The monoisotopic (exact) mass is 343 g/mol. The molecule has 19 heavy (non-hydrogen) atoms. The summed E-state index contributed by atoms with van der Waals surface area (Å²) in [6.45, 7) is 0. The van der Waals surface area contributed by atoms with Crippen molar-refractivity contribution in [1.82, 2.24) is 4.98 Å². The third kappa shape index (κ3) is 3.06. The molecular weight excluding hydrogens is 338 g/mol. The van der Waals surface area contributed by atoms with Crippen molar-refractivity contribution in [3.63, 3.8) is 0 Å². The lowest BCUT2D eigenvalue weighted by molar-refractivity contribution is -0.380. The van der Waals surface area contributed by atoms with Crippen molar-refractivity contribution >= 4 is 49.1 Å². The van der Waals surface area contributed by atoms with Crippen molar-refractivity contribution < 1.29 is 14.8 Å². The van der Waals surface area contributed by atoms with Gasteiger partial charge in [-0.1, -0.05) is 0 Å². The molecule has 2 N–H and O–H groups in total. The third-order valence-electron chi connectivity index (χ3n) is 2.13. The molecule has 98 valence electrons. The van der Waals surface area contributed by atoms with Crippen molar-refractivity contribution in [3.8, 4) is 0 Å². The number of thiazole rings is 1. The number of rotatable bonds is 4. The van der Waals surface area contributed by atoms with E-state index in [-0.39, 0.29) is 10.6 Å². The van der Waals surface area contributed by atoms with Gasteiger partial charge in [-0.25, -0.2) is 9.78 Å². The fraction of sp³-hybridized carbons (Fsp3) is 0. The number of aromatic carboxylic acids is 1. The lowest BCUT2D eigenvalue weighted by atomic mass is 10.2. The Hall–Kier alpha value is -2.00. The summed E-state index contributed by atoms with van der Waals surface area (Å²) in [5.74, 6) is -1.03. The van der Waals surface area contributed by atoms with Crippen molar-refractivity contribution in [2.24, 2.45) is 0 Å². The maximum Gasteiger partial charge on any atom is 0.345 e. The van der Waals surface area contributed by atoms with E-state index in [2.05, 4.69) is 26.2 Å². The molecule has 0 aliphatic heterocycles. The van der Waals surface area contributed by atoms with Crippen LogP contribution in [0.1, 0.15) is 10.4 Å². The molecule has 0 spiro atoms. The predicted octanol–water partition coefficient (Wildman–Crippen LogP) is 3.26. The minimum Gasteiger partial charge on any atom is -0.478 e. The van der Waals surface area contributed by atoms with E-state index in [1.54, 1.807) is 6.07 Å². The van der Waals surface area contributed by atoms with Gasteiger partial charge in [0.15, 0.2) is 5.13 Å². The van der Waals surface area contributed by atoms with E-state index < -0.39 is 10.9 Å². The molecule has 1 aromatic heterocycles. The third-order valence-corrected chi connectivity index (χ3v) is 3.65. The van der Waals surface area contributed by atoms with Crippen molar-refractivity contribution in [2.45, 2.75) is 0 Å². The summed E-state index contributed by atoms with van der Waals surface area (Å²) in [7, 11) is 0. The zero-order valence-corrected chi connectivity index (χ0v) is 11.6. The van der Waals surface area contributed by atoms with Crippen LogP contribution in [0.3, 0.4) is 0 Å². The molecule has 0 fully saturated rings. The summed E-state index contributed by atoms with van der Waals surface area (Å²) in [5, 5.41) is 22.5. The summed E-state index contributed by atoms with van der Waals surface area (Å²) in [6.07, 6.45) is 1.16. The van der Waals surface area contributed by atoms with Crippen LogP contribution in [-0.2, 0) is 0 Å². The molecule has 2 rings (SSSR count). The summed E-state index contributed by atoms with van der Waals surface area (Å²) in [6, 6.07) is 4.42. The first-order valence-corrected chi connectivity index (χ1v) is 6.48. The van der Waals surface area contributed by atoms with Crippen molar-refractivity contribution in [1.29, 1.82) is 0 Å². The highest BCUT2D eigenvalue weighted by Gasteiger charge is 2.13. The SMILES string of the molecule is O=C(O)c1ccc(Nc2ncc([N+](=O)[O-])s2)c(Br)c1. The van der Waals surface area contributed by atoms with Crippen LogP contribution in [0.2, 0.25) is 0 Å². The highest BCUT2D eigenvalue weighted by Crippen LogP contribution is 2.31. The Morgan fingerprint density at radius 1 is 1.53 bits per heavy atom. The van der Waals surface area contributed by atoms with Crippen LogP contribution in [0.15, 0.2) is 28.9 Å². The first kappa shape index (κ1) is 13.4. The second kappa shape index (κ2) is 5.33. The maximum absolute atomic E-state index is 10.8. The molecular formula is C10H6BrN3O4S. The Bertz CT molecular complexity index is 658. The predicted molar refractivity (Wildman–Crippen MR) is 73.2 cm³/mol. The van der Waals surface area contributed by atoms with Gasteiger partial charge in [0, 0.05) is 4.47 Å². The number of carboxylic acids is 1. The summed E-state index contributed by atoms with van der Waals surface area (Å²) < 4.78 is 0.533. The van der Waals surface area contributed by atoms with E-state index in [0.717, 1.165) is 17.5 Å². The average molecular weight is 344 g/mol. The number of anilines is 2. The molecule has 0 radical (unpaired) electrons. The van der Waals surface area contributed by atoms with Gasteiger partial charge in [-0.3, -0.25) is 10.1 Å². The number of nitrogens with zero attached hydrogens (tertiary/aromatic N) is 2. The highest BCUT2D eigenvalue weighted by atomic mass is 79.9. The fourth-order valence-corrected chi connectivity index (χ4v) is 2.39. The van der Waals surface area contributed by atoms with Crippen molar-refractivity contribution in [2.75, 3.05) is 5.32 Å². The van der Waals surface area contributed by atoms with E-state index in [4.69, 9.17) is 5.11 Å². The lowest BCUT2D eigenvalue weighted by Gasteiger charge is -2.05. The number of nitrogens with one attached hydrogen (secondary N) is 1. The lowest BCUT2D eigenvalue weighted by Crippen LogP contribution is -1.97. The molecule has 0 saturated carbocycles. The minimum absolute atomic E-state index is 0.0687. The highest BCUT2D eigenvalue weighted by molar-refractivity contribution is 9.10. The maximum atomic E-state index is 10.8. The van der Waals surface area contributed by atoms with E-state index in [1.165, 1.54) is 12.1 Å². The zero-order chi connectivity index (χ0) is 14.0. The summed E-state index contributed by atoms with van der Waals surface area (Å²) >= 11 is 4.12. The minimum atomic E-state index is -1.03. The number of carbonyl (C=O) groups is 1. The number of hydrogen-bond donors (Lipinski definition) is 2. The van der Waals surface area contributed by atoms with Gasteiger partial charge in [0.05, 0.1) is 16.2 Å². The molecule has 9 heteroatoms. The molecule has 0 atom stereocenters. The van der Waals surface area contributed by atoms with Crippen LogP contribution in [0, 0.1) is 10.1 Å². The Morgan fingerprint density at radius 3 is 2.79 bits per heavy atom. The van der Waals surface area contributed by atoms with Crippen LogP contribution in [0.4, 0.5) is 15.8 Å². The second-order valence-electron chi connectivity index (χ2n) is 3.39. The van der Waals surface area contributed by atoms with E-state index in [0.29, 0.717) is 15.3 Å². The molecule has 0 bridgehead atoms. The van der Waals surface area contributed by atoms with Gasteiger partial charge in [-0.2, -0.15) is 0 Å². The Labute approximate surface area is 119 Å². The molecule has 0 unspecified atom stereocenters. The van der Waals surface area contributed by atoms with Gasteiger partial charge in [-0.15, -0.1) is 0 Å². The number of carboxylic acid groups (broad SMARTS) is 1. The largest absolute Gasteiger partial charge is 0.478 e. The van der Waals surface area contributed by atoms with Crippen molar-refractivity contribution in [3.05, 3.63) is 44.5 Å². The van der Waals surface area contributed by atoms with Gasteiger partial charge >= 0.3 is 11.0 Å². The molecule has 7 nitrogen and oxygen atoms in total. The topological polar surface area (TPSA) is 105 Å². The number of halogens is 1. The number of nitro groups is 1. The Kier molecular flexibility index (Phi) is 3.76. The van der Waals surface area contributed by atoms with Crippen LogP contribution in [-0.4, -0.2) is 21.0 Å². The molecule has 0 aliphatic carbocycles. The number of benzene rings is 1. The molecule has 1 heterocycles. The van der Waals surface area contributed by atoms with Gasteiger partial charge in [0.2, 0.25) is 0 Å². The van der Waals surface area contributed by atoms with Gasteiger partial charge in [0.25, 0.3) is 0 Å². The summed E-state index contributed by atoms with van der Waals surface area (Å²) in [5.41, 5.74) is 0.719. The molecule has 0 aliphatic rings. The van der Waals surface area contributed by atoms with Crippen LogP contribution in [0.25, 0.3) is 0 Å². The molecule has 0 amide bonds. The Balaban J connectivity index is 2.23. The summed E-state index contributed by atoms with van der Waals surface area (Å²) in [4.78, 5) is 24.6. The van der Waals surface area contributed by atoms with Gasteiger partial charge < -0.3 is 10.4 Å². The molecule has 1 aromatic carbocycles. The average Bonchev–Trinajstić information content (AvgIpc) is 2.80. The fourth-order valence-electron chi connectivity index (χ4n) is 1.27. The van der Waals surface area contributed by atoms with Gasteiger partial charge in [0.1, 0.15) is 6.20 Å². The normalized spacial score (nSPS) is 10.2. The molecule has 0 saturated heterocycles. The first-order valence-electron chi connectivity index (χ1n) is 4.87. The standard InChI is InChI=1S/C10H6BrN3O4S/c11-6-3-5(9(15)16)1-2-7(6)13-10-12-4-8(19-10)14(17)18/h1-4H,(H,12,13)(H,15,16). The quantitative estimate of drug-likeness (QED) is 0.651. The number of aromatic nitrogens is 1. The van der Waals surface area contributed by atoms with Crippen LogP contribution >= 0.6 is 27.3 Å². The van der Waals surface area contributed by atoms with E-state index >= 15 is 0 Å². The van der Waals surface area contributed by atoms with E-state index in [9.17, 15) is 14.9 Å². The second-order valence-corrected chi connectivity index (χ2v) is 5.25. The molecule has 2 aromatic rings. The zero-order valence-electron chi connectivity index (χ0n) is 9.16. The van der Waals surface area contributed by atoms with Crippen LogP contribution in [0.5, 0.6) is 0 Å². The Morgan fingerprint density at radius 2 is 2.26 bits per heavy atom. The smallest absolute Gasteiger partial charge is 0.345 e.